The molecule has 0 unspecified atom stereocenters. The zero-order valence-corrected chi connectivity index (χ0v) is 7.10. The second kappa shape index (κ2) is 11.4. The van der Waals surface area contributed by atoms with E-state index >= 15 is 0 Å². The first-order valence-electron chi connectivity index (χ1n) is 4.20. The van der Waals surface area contributed by atoms with Crippen LogP contribution in [0.5, 0.6) is 0 Å². The van der Waals surface area contributed by atoms with Crippen LogP contribution in [0.2, 0.25) is 0 Å². The Bertz CT molecular complexity index is 109. The molecule has 0 saturated heterocycles. The average molecular weight is 183 g/mol. The molecule has 0 aliphatic heterocycles. The van der Waals surface area contributed by atoms with Crippen LogP contribution in [0, 0.1) is 0 Å². The van der Waals surface area contributed by atoms with E-state index in [4.69, 9.17) is 5.11 Å². The maximum atomic E-state index is 10.0. The van der Waals surface area contributed by atoms with Gasteiger partial charge in [0.1, 0.15) is 0 Å². The molecule has 0 fully saturated rings. The Hall–Kier alpha value is 0.430. The normalized spacial score (nSPS) is 9.08. The second-order valence-electron chi connectivity index (χ2n) is 2.60. The van der Waals surface area contributed by atoms with E-state index in [9.17, 15) is 4.79 Å². The number of aliphatic carboxylic acids is 1. The average Bonchev–Trinajstić information content (AvgIpc) is 1.96. The van der Waals surface area contributed by atoms with Crippen LogP contribution in [0.25, 0.3) is 0 Å². The Morgan fingerprint density at radius 2 is 2.00 bits per heavy atom. The van der Waals surface area contributed by atoms with Gasteiger partial charge in [0.05, 0.1) is 6.42 Å². The van der Waals surface area contributed by atoms with Crippen molar-refractivity contribution in [2.24, 2.45) is 0 Å². The number of hydrogen-bond acceptors (Lipinski definition) is 2. The van der Waals surface area contributed by atoms with Crippen molar-refractivity contribution < 1.29 is 9.90 Å². The zero-order valence-electron chi connectivity index (χ0n) is 7.10. The predicted octanol–water partition coefficient (Wildman–Crippen LogP) is 0.592. The summed E-state index contributed by atoms with van der Waals surface area (Å²) >= 11 is 0. The monoisotopic (exact) mass is 183 g/mol. The predicted molar refractivity (Wildman–Crippen MR) is 51.8 cm³/mol. The van der Waals surface area contributed by atoms with Crippen molar-refractivity contribution in [1.82, 2.24) is 5.32 Å². The Kier molecular flexibility index (Phi) is 14.2. The van der Waals surface area contributed by atoms with Gasteiger partial charge in [0, 0.05) is 6.54 Å². The summed E-state index contributed by atoms with van der Waals surface area (Å²) in [6.45, 7) is 3.69. The van der Waals surface area contributed by atoms with Crippen LogP contribution in [0.3, 0.4) is 0 Å². The first kappa shape index (κ1) is 14.9. The van der Waals surface area contributed by atoms with Crippen LogP contribution in [0.4, 0.5) is 0 Å². The molecule has 68 valence electrons. The minimum absolute atomic E-state index is 0. The molecular formula is C8H18NNaO2. The molecule has 0 spiro atoms. The van der Waals surface area contributed by atoms with Gasteiger partial charge in [-0.1, -0.05) is 19.8 Å². The van der Waals surface area contributed by atoms with Crippen molar-refractivity contribution in [1.29, 1.82) is 0 Å². The van der Waals surface area contributed by atoms with E-state index < -0.39 is 5.97 Å². The summed E-state index contributed by atoms with van der Waals surface area (Å²) < 4.78 is 0. The summed E-state index contributed by atoms with van der Waals surface area (Å²) in [5.41, 5.74) is 0. The van der Waals surface area contributed by atoms with Crippen molar-refractivity contribution in [2.75, 3.05) is 13.1 Å². The van der Waals surface area contributed by atoms with Gasteiger partial charge in [0.15, 0.2) is 0 Å². The van der Waals surface area contributed by atoms with E-state index in [0.717, 1.165) is 13.0 Å². The maximum absolute atomic E-state index is 10.0. The molecule has 0 aliphatic rings. The molecule has 0 atom stereocenters. The molecular weight excluding hydrogens is 165 g/mol. The Balaban J connectivity index is 0. The summed E-state index contributed by atoms with van der Waals surface area (Å²) in [7, 11) is 0. The molecule has 0 aliphatic carbocycles. The van der Waals surface area contributed by atoms with Gasteiger partial charge in [-0.05, 0) is 13.0 Å². The topological polar surface area (TPSA) is 49.3 Å². The van der Waals surface area contributed by atoms with Gasteiger partial charge in [-0.2, -0.15) is 0 Å². The van der Waals surface area contributed by atoms with Crippen LogP contribution in [-0.2, 0) is 4.79 Å². The molecule has 0 aromatic carbocycles. The van der Waals surface area contributed by atoms with Crippen molar-refractivity contribution >= 4 is 35.5 Å². The first-order chi connectivity index (χ1) is 5.27. The summed E-state index contributed by atoms with van der Waals surface area (Å²) in [5.74, 6) is -0.729. The van der Waals surface area contributed by atoms with E-state index in [-0.39, 0.29) is 36.0 Å². The molecule has 0 heterocycles. The third-order valence-electron chi connectivity index (χ3n) is 1.47. The first-order valence-corrected chi connectivity index (χ1v) is 4.20. The number of carbonyl (C=O) groups is 1. The molecule has 2 N–H and O–H groups in total. The van der Waals surface area contributed by atoms with E-state index in [1.807, 2.05) is 0 Å². The van der Waals surface area contributed by atoms with Crippen LogP contribution < -0.4 is 5.32 Å². The van der Waals surface area contributed by atoms with Gasteiger partial charge in [-0.3, -0.25) is 4.79 Å². The zero-order chi connectivity index (χ0) is 8.53. The fraction of sp³-hybridized carbons (Fsp3) is 0.875. The molecule has 0 rings (SSSR count). The molecule has 0 radical (unpaired) electrons. The summed E-state index contributed by atoms with van der Waals surface area (Å²) in [4.78, 5) is 10.0. The number of nitrogens with one attached hydrogen (secondary N) is 1. The van der Waals surface area contributed by atoms with Crippen LogP contribution in [0.1, 0.15) is 32.6 Å². The third kappa shape index (κ3) is 13.1. The van der Waals surface area contributed by atoms with Crippen LogP contribution in [0.15, 0.2) is 0 Å². The van der Waals surface area contributed by atoms with Gasteiger partial charge < -0.3 is 10.4 Å². The van der Waals surface area contributed by atoms with E-state index in [2.05, 4.69) is 12.2 Å². The Morgan fingerprint density at radius 1 is 1.33 bits per heavy atom. The number of carboxylic acids is 1. The van der Waals surface area contributed by atoms with E-state index in [1.165, 1.54) is 12.8 Å². The molecule has 0 aromatic heterocycles. The summed E-state index contributed by atoms with van der Waals surface area (Å²) in [6, 6.07) is 0. The third-order valence-corrected chi connectivity index (χ3v) is 1.47. The molecule has 0 amide bonds. The Morgan fingerprint density at radius 3 is 2.50 bits per heavy atom. The van der Waals surface area contributed by atoms with E-state index in [1.54, 1.807) is 0 Å². The summed E-state index contributed by atoms with van der Waals surface area (Å²) in [5, 5.41) is 11.3. The van der Waals surface area contributed by atoms with Crippen molar-refractivity contribution in [3.05, 3.63) is 0 Å². The van der Waals surface area contributed by atoms with Gasteiger partial charge in [-0.15, -0.1) is 0 Å². The van der Waals surface area contributed by atoms with Gasteiger partial charge >= 0.3 is 35.5 Å². The molecule has 4 heteroatoms. The quantitative estimate of drug-likeness (QED) is 0.448. The number of hydrogen-bond donors (Lipinski definition) is 2. The standard InChI is InChI=1S/C8H17NO2.Na.H/c1-2-3-4-6-9-7-5-8(10)11;;/h9H,2-7H2,1H3,(H,10,11);;. The van der Waals surface area contributed by atoms with Crippen molar-refractivity contribution in [3.63, 3.8) is 0 Å². The second-order valence-corrected chi connectivity index (χ2v) is 2.60. The minimum atomic E-state index is -0.729. The van der Waals surface area contributed by atoms with Crippen molar-refractivity contribution in [2.45, 2.75) is 32.6 Å². The molecule has 0 saturated carbocycles. The van der Waals surface area contributed by atoms with Gasteiger partial charge in [0.25, 0.3) is 0 Å². The molecule has 0 bridgehead atoms. The molecule has 12 heavy (non-hydrogen) atoms. The van der Waals surface area contributed by atoms with Gasteiger partial charge in [-0.25, -0.2) is 0 Å². The van der Waals surface area contributed by atoms with E-state index in [0.29, 0.717) is 6.54 Å². The van der Waals surface area contributed by atoms with Crippen molar-refractivity contribution in [3.8, 4) is 0 Å². The Labute approximate surface area is 96.2 Å². The fourth-order valence-electron chi connectivity index (χ4n) is 0.820. The number of rotatable bonds is 7. The number of carboxylic acid groups (broad SMARTS) is 1. The summed E-state index contributed by atoms with van der Waals surface area (Å²) in [6.07, 6.45) is 3.81. The van der Waals surface area contributed by atoms with Gasteiger partial charge in [0.2, 0.25) is 0 Å². The number of unbranched alkanes of at least 4 members (excludes halogenated alkanes) is 2. The fourth-order valence-corrected chi connectivity index (χ4v) is 0.820. The molecule has 3 nitrogen and oxygen atoms in total. The van der Waals surface area contributed by atoms with Crippen LogP contribution in [-0.4, -0.2) is 53.7 Å². The van der Waals surface area contributed by atoms with Crippen LogP contribution >= 0.6 is 0 Å². The molecule has 0 aromatic rings. The SMILES string of the molecule is CCCCCNCCC(=O)O.[NaH].